The Morgan fingerprint density at radius 1 is 1.29 bits per heavy atom. The molecule has 1 aromatic carbocycles. The van der Waals surface area contributed by atoms with E-state index >= 15 is 0 Å². The van der Waals surface area contributed by atoms with Gasteiger partial charge in [0.2, 0.25) is 11.1 Å². The summed E-state index contributed by atoms with van der Waals surface area (Å²) in [5.74, 6) is 1.46. The highest BCUT2D eigenvalue weighted by molar-refractivity contribution is 7.99. The average molecular weight is 341 g/mol. The monoisotopic (exact) mass is 341 g/mol. The van der Waals surface area contributed by atoms with Crippen LogP contribution in [0.15, 0.2) is 53.9 Å². The SMILES string of the molecule is COc1ccc(NC(=O)CSc2n[nH]c(-c3cccnc3)n2)cc1. The van der Waals surface area contributed by atoms with Crippen LogP contribution in [0, 0.1) is 0 Å². The van der Waals surface area contributed by atoms with Gasteiger partial charge in [-0.2, -0.15) is 0 Å². The van der Waals surface area contributed by atoms with Crippen LogP contribution in [0.5, 0.6) is 5.75 Å². The number of hydrogen-bond donors (Lipinski definition) is 2. The van der Waals surface area contributed by atoms with Crippen LogP contribution >= 0.6 is 11.8 Å². The fourth-order valence-corrected chi connectivity index (χ4v) is 2.54. The average Bonchev–Trinajstić information content (AvgIpc) is 3.10. The third-order valence-electron chi connectivity index (χ3n) is 3.11. The largest absolute Gasteiger partial charge is 0.497 e. The molecule has 0 fully saturated rings. The zero-order valence-electron chi connectivity index (χ0n) is 12.9. The molecule has 0 bridgehead atoms. The van der Waals surface area contributed by atoms with Crippen LogP contribution in [0.25, 0.3) is 11.4 Å². The Balaban J connectivity index is 1.53. The highest BCUT2D eigenvalue weighted by Crippen LogP contribution is 2.19. The van der Waals surface area contributed by atoms with E-state index in [0.29, 0.717) is 16.7 Å². The molecule has 2 heterocycles. The first-order valence-corrected chi connectivity index (χ1v) is 8.12. The Labute approximate surface area is 142 Å². The molecule has 3 rings (SSSR count). The van der Waals surface area contributed by atoms with Gasteiger partial charge in [-0.25, -0.2) is 4.98 Å². The zero-order valence-corrected chi connectivity index (χ0v) is 13.7. The molecule has 0 spiro atoms. The molecule has 0 aliphatic heterocycles. The predicted octanol–water partition coefficient (Wildman–Crippen LogP) is 2.61. The molecule has 0 unspecified atom stereocenters. The molecule has 3 aromatic rings. The summed E-state index contributed by atoms with van der Waals surface area (Å²) in [5, 5.41) is 10.3. The lowest BCUT2D eigenvalue weighted by Crippen LogP contribution is -2.14. The van der Waals surface area contributed by atoms with Crippen LogP contribution in [-0.4, -0.2) is 38.9 Å². The molecule has 7 nitrogen and oxygen atoms in total. The fraction of sp³-hybridized carbons (Fsp3) is 0.125. The third-order valence-corrected chi connectivity index (χ3v) is 3.95. The van der Waals surface area contributed by atoms with Crippen molar-refractivity contribution in [3.05, 3.63) is 48.8 Å². The van der Waals surface area contributed by atoms with E-state index in [2.05, 4.69) is 25.5 Å². The van der Waals surface area contributed by atoms with Crippen molar-refractivity contribution >= 4 is 23.4 Å². The maximum atomic E-state index is 12.0. The molecule has 1 amide bonds. The van der Waals surface area contributed by atoms with E-state index in [1.807, 2.05) is 12.1 Å². The summed E-state index contributed by atoms with van der Waals surface area (Å²) >= 11 is 1.26. The van der Waals surface area contributed by atoms with Crippen LogP contribution in [0.1, 0.15) is 0 Å². The van der Waals surface area contributed by atoms with Gasteiger partial charge < -0.3 is 10.1 Å². The highest BCUT2D eigenvalue weighted by atomic mass is 32.2. The molecule has 0 radical (unpaired) electrons. The third kappa shape index (κ3) is 4.11. The van der Waals surface area contributed by atoms with Gasteiger partial charge in [0, 0.05) is 23.6 Å². The number of methoxy groups -OCH3 is 1. The number of aromatic nitrogens is 4. The molecule has 0 aliphatic carbocycles. The van der Waals surface area contributed by atoms with Crippen LogP contribution in [-0.2, 0) is 4.79 Å². The van der Waals surface area contributed by atoms with E-state index in [-0.39, 0.29) is 11.7 Å². The number of pyridine rings is 1. The topological polar surface area (TPSA) is 92.8 Å². The Kier molecular flexibility index (Phi) is 5.07. The smallest absolute Gasteiger partial charge is 0.234 e. The van der Waals surface area contributed by atoms with Gasteiger partial charge in [-0.05, 0) is 36.4 Å². The van der Waals surface area contributed by atoms with Crippen molar-refractivity contribution in [1.82, 2.24) is 20.2 Å². The fourth-order valence-electron chi connectivity index (χ4n) is 1.94. The minimum Gasteiger partial charge on any atom is -0.497 e. The van der Waals surface area contributed by atoms with E-state index in [4.69, 9.17) is 4.74 Å². The summed E-state index contributed by atoms with van der Waals surface area (Å²) in [5.41, 5.74) is 1.56. The summed E-state index contributed by atoms with van der Waals surface area (Å²) in [6.07, 6.45) is 3.39. The number of benzene rings is 1. The molecule has 0 atom stereocenters. The van der Waals surface area contributed by atoms with Crippen molar-refractivity contribution < 1.29 is 9.53 Å². The number of amides is 1. The Bertz CT molecular complexity index is 805. The quantitative estimate of drug-likeness (QED) is 0.670. The van der Waals surface area contributed by atoms with Gasteiger partial charge in [0.15, 0.2) is 5.82 Å². The van der Waals surface area contributed by atoms with Crippen molar-refractivity contribution in [3.63, 3.8) is 0 Å². The molecule has 2 aromatic heterocycles. The van der Waals surface area contributed by atoms with Crippen molar-refractivity contribution in [2.75, 3.05) is 18.2 Å². The molecule has 8 heteroatoms. The lowest BCUT2D eigenvalue weighted by atomic mass is 10.3. The number of carbonyl (C=O) groups excluding carboxylic acids is 1. The number of nitrogens with zero attached hydrogens (tertiary/aromatic N) is 3. The van der Waals surface area contributed by atoms with E-state index in [9.17, 15) is 4.79 Å². The van der Waals surface area contributed by atoms with Gasteiger partial charge in [-0.3, -0.25) is 14.9 Å². The summed E-state index contributed by atoms with van der Waals surface area (Å²) < 4.78 is 5.08. The number of hydrogen-bond acceptors (Lipinski definition) is 6. The molecule has 0 saturated carbocycles. The second-order valence-corrected chi connectivity index (χ2v) is 5.72. The summed E-state index contributed by atoms with van der Waals surface area (Å²) in [7, 11) is 1.60. The lowest BCUT2D eigenvalue weighted by molar-refractivity contribution is -0.113. The molecule has 0 saturated heterocycles. The minimum absolute atomic E-state index is 0.127. The second-order valence-electron chi connectivity index (χ2n) is 4.77. The number of nitrogens with one attached hydrogen (secondary N) is 2. The summed E-state index contributed by atoms with van der Waals surface area (Å²) in [6.45, 7) is 0. The highest BCUT2D eigenvalue weighted by Gasteiger charge is 2.09. The van der Waals surface area contributed by atoms with Crippen LogP contribution < -0.4 is 10.1 Å². The number of thioether (sulfide) groups is 1. The van der Waals surface area contributed by atoms with Gasteiger partial charge in [-0.1, -0.05) is 11.8 Å². The number of rotatable bonds is 6. The zero-order chi connectivity index (χ0) is 16.8. The molecule has 122 valence electrons. The summed E-state index contributed by atoms with van der Waals surface area (Å²) in [6, 6.07) is 10.9. The molecular weight excluding hydrogens is 326 g/mol. The van der Waals surface area contributed by atoms with Gasteiger partial charge in [0.05, 0.1) is 12.9 Å². The standard InChI is InChI=1S/C16H15N5O2S/c1-23-13-6-4-12(5-7-13)18-14(22)10-24-16-19-15(20-21-16)11-3-2-8-17-9-11/h2-9H,10H2,1H3,(H,18,22)(H,19,20,21). The van der Waals surface area contributed by atoms with Gasteiger partial charge >= 0.3 is 0 Å². The van der Waals surface area contributed by atoms with Crippen LogP contribution in [0.2, 0.25) is 0 Å². The van der Waals surface area contributed by atoms with E-state index < -0.39 is 0 Å². The van der Waals surface area contributed by atoms with Gasteiger partial charge in [-0.15, -0.1) is 5.10 Å². The number of ether oxygens (including phenoxy) is 1. The molecule has 24 heavy (non-hydrogen) atoms. The minimum atomic E-state index is -0.127. The first-order valence-electron chi connectivity index (χ1n) is 7.14. The van der Waals surface area contributed by atoms with Crippen LogP contribution in [0.3, 0.4) is 0 Å². The number of anilines is 1. The van der Waals surface area contributed by atoms with E-state index in [1.165, 1.54) is 11.8 Å². The first-order chi connectivity index (χ1) is 11.7. The number of carbonyl (C=O) groups is 1. The van der Waals surface area contributed by atoms with E-state index in [1.54, 1.807) is 43.8 Å². The lowest BCUT2D eigenvalue weighted by Gasteiger charge is -2.05. The van der Waals surface area contributed by atoms with Crippen molar-refractivity contribution in [3.8, 4) is 17.1 Å². The predicted molar refractivity (Wildman–Crippen MR) is 92.0 cm³/mol. The van der Waals surface area contributed by atoms with Crippen LogP contribution in [0.4, 0.5) is 5.69 Å². The first kappa shape index (κ1) is 16.0. The maximum absolute atomic E-state index is 12.0. The molecule has 0 aliphatic rings. The van der Waals surface area contributed by atoms with Crippen molar-refractivity contribution in [2.45, 2.75) is 5.16 Å². The normalized spacial score (nSPS) is 10.4. The van der Waals surface area contributed by atoms with Crippen molar-refractivity contribution in [1.29, 1.82) is 0 Å². The van der Waals surface area contributed by atoms with E-state index in [0.717, 1.165) is 11.3 Å². The second kappa shape index (κ2) is 7.60. The Morgan fingerprint density at radius 3 is 2.83 bits per heavy atom. The Morgan fingerprint density at radius 2 is 2.12 bits per heavy atom. The Hall–Kier alpha value is -2.87. The van der Waals surface area contributed by atoms with Crippen molar-refractivity contribution in [2.24, 2.45) is 0 Å². The van der Waals surface area contributed by atoms with Gasteiger partial charge in [0.25, 0.3) is 0 Å². The molecule has 2 N–H and O–H groups in total. The maximum Gasteiger partial charge on any atom is 0.234 e. The number of H-pyrrole nitrogens is 1. The summed E-state index contributed by atoms with van der Waals surface area (Å²) in [4.78, 5) is 20.4. The van der Waals surface area contributed by atoms with Gasteiger partial charge in [0.1, 0.15) is 5.75 Å². The number of aromatic amines is 1. The molecular formula is C16H15N5O2S.